The molecule has 0 radical (unpaired) electrons. The van der Waals surface area contributed by atoms with Crippen LogP contribution >= 0.6 is 11.3 Å². The lowest BCUT2D eigenvalue weighted by molar-refractivity contribution is -0.127. The summed E-state index contributed by atoms with van der Waals surface area (Å²) in [5.74, 6) is 0.153. The summed E-state index contributed by atoms with van der Waals surface area (Å²) in [6.07, 6.45) is 1.06. The first kappa shape index (κ1) is 22.7. The number of para-hydroxylation sites is 1. The Morgan fingerprint density at radius 3 is 2.63 bits per heavy atom. The van der Waals surface area contributed by atoms with Crippen LogP contribution in [0.1, 0.15) is 13.8 Å². The number of benzene rings is 2. The van der Waals surface area contributed by atoms with Gasteiger partial charge in [-0.3, -0.25) is 19.5 Å². The highest BCUT2D eigenvalue weighted by atomic mass is 32.1. The van der Waals surface area contributed by atoms with E-state index < -0.39 is 6.10 Å². The van der Waals surface area contributed by atoms with E-state index in [9.17, 15) is 9.59 Å². The summed E-state index contributed by atoms with van der Waals surface area (Å²) in [7, 11) is 0. The lowest BCUT2D eigenvalue weighted by Gasteiger charge is -2.34. The van der Waals surface area contributed by atoms with Gasteiger partial charge in [-0.05, 0) is 56.3 Å². The lowest BCUT2D eigenvalue weighted by Crippen LogP contribution is -2.49. The third-order valence-electron chi connectivity index (χ3n) is 5.83. The molecule has 1 aliphatic rings. The molecule has 5 rings (SSSR count). The minimum Gasteiger partial charge on any atom is -0.479 e. The third kappa shape index (κ3) is 4.52. The molecule has 0 fully saturated rings. The van der Waals surface area contributed by atoms with Crippen molar-refractivity contribution in [2.75, 3.05) is 22.9 Å². The number of hydrogen-bond donors (Lipinski definition) is 0. The van der Waals surface area contributed by atoms with Gasteiger partial charge in [0.15, 0.2) is 6.10 Å². The van der Waals surface area contributed by atoms with Gasteiger partial charge in [-0.2, -0.15) is 0 Å². The van der Waals surface area contributed by atoms with Crippen molar-refractivity contribution >= 4 is 34.5 Å². The number of ether oxygens (including phenoxy) is 1. The van der Waals surface area contributed by atoms with Crippen LogP contribution in [0, 0.1) is 0 Å². The molecule has 1 aliphatic heterocycles. The number of anilines is 2. The number of likely N-dealkylation sites (N-methyl/N-ethyl adjacent to an activating group) is 1. The van der Waals surface area contributed by atoms with E-state index in [4.69, 9.17) is 9.72 Å². The highest BCUT2D eigenvalue weighted by Gasteiger charge is 2.34. The van der Waals surface area contributed by atoms with E-state index in [-0.39, 0.29) is 18.4 Å². The molecule has 2 amide bonds. The number of hydrogen-bond acceptors (Lipinski definition) is 6. The van der Waals surface area contributed by atoms with Crippen LogP contribution in [0.2, 0.25) is 0 Å². The molecule has 1 atom stereocenters. The van der Waals surface area contributed by atoms with E-state index in [1.165, 1.54) is 16.2 Å². The summed E-state index contributed by atoms with van der Waals surface area (Å²) in [5.41, 5.74) is 3.78. The average molecular weight is 485 g/mol. The zero-order chi connectivity index (χ0) is 24.4. The molecule has 1 unspecified atom stereocenters. The molecule has 3 heterocycles. The smallest absolute Gasteiger partial charge is 0.268 e. The second-order valence-electron chi connectivity index (χ2n) is 8.09. The molecule has 0 N–H and O–H groups in total. The molecule has 4 aromatic rings. The first-order chi connectivity index (χ1) is 17.0. The second-order valence-corrected chi connectivity index (χ2v) is 8.95. The van der Waals surface area contributed by atoms with Crippen molar-refractivity contribution in [2.45, 2.75) is 20.0 Å². The van der Waals surface area contributed by atoms with E-state index >= 15 is 0 Å². The van der Waals surface area contributed by atoms with Crippen molar-refractivity contribution in [1.29, 1.82) is 0 Å². The van der Waals surface area contributed by atoms with Crippen LogP contribution in [-0.2, 0) is 9.59 Å². The van der Waals surface area contributed by atoms with Crippen molar-refractivity contribution in [3.63, 3.8) is 0 Å². The van der Waals surface area contributed by atoms with Gasteiger partial charge in [0.1, 0.15) is 17.3 Å². The molecule has 176 valence electrons. The number of thiazole rings is 1. The molecule has 2 aromatic heterocycles. The lowest BCUT2D eigenvalue weighted by atomic mass is 10.1. The molecule has 8 heteroatoms. The second kappa shape index (κ2) is 9.68. The highest BCUT2D eigenvalue weighted by Crippen LogP contribution is 2.38. The summed E-state index contributed by atoms with van der Waals surface area (Å²) in [6, 6.07) is 20.8. The van der Waals surface area contributed by atoms with Gasteiger partial charge in [0.05, 0.1) is 17.1 Å². The van der Waals surface area contributed by atoms with Crippen molar-refractivity contribution in [1.82, 2.24) is 9.97 Å². The number of aromatic nitrogens is 2. The number of carbonyl (C=O) groups excluding carboxylic acids is 2. The van der Waals surface area contributed by atoms with Crippen LogP contribution < -0.4 is 14.5 Å². The van der Waals surface area contributed by atoms with Gasteiger partial charge in [0, 0.05) is 29.4 Å². The Balaban J connectivity index is 1.46. The van der Waals surface area contributed by atoms with Gasteiger partial charge in [0.2, 0.25) is 5.91 Å². The Morgan fingerprint density at radius 1 is 1.09 bits per heavy atom. The molecule has 0 spiro atoms. The predicted molar refractivity (Wildman–Crippen MR) is 138 cm³/mol. The minimum absolute atomic E-state index is 0.0814. The SMILES string of the molecule is CCN(C(=O)CN1C(=O)C(C)Oc2ccc(-c3csc(-c4ccccn4)n3)cc21)c1ccccc1. The Morgan fingerprint density at radius 2 is 1.89 bits per heavy atom. The normalized spacial score (nSPS) is 14.9. The van der Waals surface area contributed by atoms with Crippen LogP contribution in [0.5, 0.6) is 5.75 Å². The van der Waals surface area contributed by atoms with E-state index in [0.717, 1.165) is 27.6 Å². The van der Waals surface area contributed by atoms with Crippen LogP contribution in [0.25, 0.3) is 22.0 Å². The van der Waals surface area contributed by atoms with Crippen molar-refractivity contribution in [2.24, 2.45) is 0 Å². The van der Waals surface area contributed by atoms with Crippen molar-refractivity contribution in [3.05, 3.63) is 78.3 Å². The molecular weight excluding hydrogens is 460 g/mol. The predicted octanol–water partition coefficient (Wildman–Crippen LogP) is 5.04. The largest absolute Gasteiger partial charge is 0.479 e. The summed E-state index contributed by atoms with van der Waals surface area (Å²) in [4.78, 5) is 38.7. The number of carbonyl (C=O) groups is 2. The molecule has 0 bridgehead atoms. The highest BCUT2D eigenvalue weighted by molar-refractivity contribution is 7.13. The standard InChI is InChI=1S/C27H24N4O3S/c1-3-30(20-9-5-4-6-10-20)25(32)16-31-23-15-19(12-13-24(23)34-18(2)27(31)33)22-17-35-26(29-22)21-11-7-8-14-28-21/h4-15,17-18H,3,16H2,1-2H3. The molecule has 35 heavy (non-hydrogen) atoms. The monoisotopic (exact) mass is 484 g/mol. The summed E-state index contributed by atoms with van der Waals surface area (Å²) in [6.45, 7) is 4.04. The number of pyridine rings is 1. The molecule has 0 saturated carbocycles. The molecule has 0 saturated heterocycles. The summed E-state index contributed by atoms with van der Waals surface area (Å²) >= 11 is 1.51. The number of amides is 2. The summed E-state index contributed by atoms with van der Waals surface area (Å²) < 4.78 is 5.85. The minimum atomic E-state index is -0.678. The van der Waals surface area contributed by atoms with Gasteiger partial charge in [-0.1, -0.05) is 24.3 Å². The quantitative estimate of drug-likeness (QED) is 0.383. The number of rotatable bonds is 6. The number of fused-ring (bicyclic) bond motifs is 1. The van der Waals surface area contributed by atoms with E-state index in [2.05, 4.69) is 4.98 Å². The molecule has 7 nitrogen and oxygen atoms in total. The number of nitrogens with zero attached hydrogens (tertiary/aromatic N) is 4. The summed E-state index contributed by atoms with van der Waals surface area (Å²) in [5, 5.41) is 2.77. The fourth-order valence-electron chi connectivity index (χ4n) is 4.07. The van der Waals surface area contributed by atoms with Crippen LogP contribution in [0.4, 0.5) is 11.4 Å². The van der Waals surface area contributed by atoms with E-state index in [1.54, 1.807) is 18.0 Å². The van der Waals surface area contributed by atoms with E-state index in [0.29, 0.717) is 18.0 Å². The van der Waals surface area contributed by atoms with Crippen LogP contribution in [-0.4, -0.2) is 41.0 Å². The van der Waals surface area contributed by atoms with Crippen molar-refractivity contribution < 1.29 is 14.3 Å². The van der Waals surface area contributed by atoms with Gasteiger partial charge >= 0.3 is 0 Å². The Bertz CT molecular complexity index is 1360. The first-order valence-corrected chi connectivity index (χ1v) is 12.3. The molecular formula is C27H24N4O3S. The van der Waals surface area contributed by atoms with Gasteiger partial charge in [-0.15, -0.1) is 11.3 Å². The Labute approximate surface area is 207 Å². The third-order valence-corrected chi connectivity index (χ3v) is 6.69. The maximum atomic E-state index is 13.3. The van der Waals surface area contributed by atoms with Gasteiger partial charge in [0.25, 0.3) is 5.91 Å². The van der Waals surface area contributed by atoms with Gasteiger partial charge < -0.3 is 9.64 Å². The first-order valence-electron chi connectivity index (χ1n) is 11.4. The zero-order valence-electron chi connectivity index (χ0n) is 19.4. The fraction of sp³-hybridized carbons (Fsp3) is 0.185. The maximum absolute atomic E-state index is 13.3. The van der Waals surface area contributed by atoms with Crippen LogP contribution in [0.15, 0.2) is 78.3 Å². The Hall–Kier alpha value is -4.04. The fourth-order valence-corrected chi connectivity index (χ4v) is 4.88. The van der Waals surface area contributed by atoms with E-state index in [1.807, 2.05) is 79.0 Å². The molecule has 2 aromatic carbocycles. The van der Waals surface area contributed by atoms with Crippen LogP contribution in [0.3, 0.4) is 0 Å². The maximum Gasteiger partial charge on any atom is 0.268 e. The van der Waals surface area contributed by atoms with Gasteiger partial charge in [-0.25, -0.2) is 4.98 Å². The van der Waals surface area contributed by atoms with Crippen molar-refractivity contribution in [3.8, 4) is 27.7 Å². The topological polar surface area (TPSA) is 75.6 Å². The Kier molecular flexibility index (Phi) is 6.29. The molecule has 0 aliphatic carbocycles. The zero-order valence-corrected chi connectivity index (χ0v) is 20.2. The average Bonchev–Trinajstić information content (AvgIpc) is 3.39.